The van der Waals surface area contributed by atoms with Gasteiger partial charge in [-0.15, -0.1) is 0 Å². The summed E-state index contributed by atoms with van der Waals surface area (Å²) in [4.78, 5) is 16.8. The highest BCUT2D eigenvalue weighted by Crippen LogP contribution is 2.34. The van der Waals surface area contributed by atoms with Gasteiger partial charge in [-0.2, -0.15) is 13.2 Å². The molecule has 0 amide bonds. The number of nitrogens with two attached hydrogens (primary N) is 1. The standard InChI is InChI=1S/C13H16F3N3O2/c1-2-21-12(20)9-5-11(18-6-10(9)17)19(8-3-4-8)7-13(14,15)16/h5-6,8H,2-4,7,17H2,1H3. The molecule has 0 spiro atoms. The monoisotopic (exact) mass is 303 g/mol. The van der Waals surface area contributed by atoms with E-state index in [1.54, 1.807) is 6.92 Å². The number of nitrogens with zero attached hydrogens (tertiary/aromatic N) is 2. The molecule has 0 radical (unpaired) electrons. The lowest BCUT2D eigenvalue weighted by molar-refractivity contribution is -0.120. The number of pyridine rings is 1. The fraction of sp³-hybridized carbons (Fsp3) is 0.538. The first kappa shape index (κ1) is 15.4. The number of nitrogen functional groups attached to an aromatic ring is 1. The zero-order valence-electron chi connectivity index (χ0n) is 11.5. The molecule has 0 saturated heterocycles. The molecule has 0 aliphatic heterocycles. The van der Waals surface area contributed by atoms with Crippen LogP contribution < -0.4 is 10.6 Å². The van der Waals surface area contributed by atoms with Crippen molar-refractivity contribution in [2.24, 2.45) is 0 Å². The SMILES string of the molecule is CCOC(=O)c1cc(N(CC(F)(F)F)C2CC2)ncc1N. The van der Waals surface area contributed by atoms with Crippen molar-refractivity contribution in [3.63, 3.8) is 0 Å². The number of aromatic nitrogens is 1. The Labute approximate surface area is 119 Å². The van der Waals surface area contributed by atoms with Gasteiger partial charge >= 0.3 is 12.1 Å². The Balaban J connectivity index is 2.29. The van der Waals surface area contributed by atoms with Crippen molar-refractivity contribution < 1.29 is 22.7 Å². The summed E-state index contributed by atoms with van der Waals surface area (Å²) in [5.41, 5.74) is 5.76. The maximum absolute atomic E-state index is 12.7. The summed E-state index contributed by atoms with van der Waals surface area (Å²) >= 11 is 0. The van der Waals surface area contributed by atoms with Gasteiger partial charge in [0.05, 0.1) is 24.1 Å². The molecule has 1 aromatic rings. The molecular formula is C13H16F3N3O2. The molecule has 1 aromatic heterocycles. The van der Waals surface area contributed by atoms with Gasteiger partial charge in [0.2, 0.25) is 0 Å². The Morgan fingerprint density at radius 1 is 1.52 bits per heavy atom. The molecule has 21 heavy (non-hydrogen) atoms. The van der Waals surface area contributed by atoms with Crippen LogP contribution in [0, 0.1) is 0 Å². The van der Waals surface area contributed by atoms with E-state index in [9.17, 15) is 18.0 Å². The molecule has 0 unspecified atom stereocenters. The number of carbonyl (C=O) groups is 1. The fourth-order valence-corrected chi connectivity index (χ4v) is 1.97. The number of hydrogen-bond donors (Lipinski definition) is 1. The minimum absolute atomic E-state index is 0.0367. The maximum Gasteiger partial charge on any atom is 0.405 e. The number of halogens is 3. The predicted octanol–water partition coefficient (Wildman–Crippen LogP) is 2.37. The number of alkyl halides is 3. The van der Waals surface area contributed by atoms with E-state index < -0.39 is 18.7 Å². The lowest BCUT2D eigenvalue weighted by Crippen LogP contribution is -2.36. The van der Waals surface area contributed by atoms with E-state index in [2.05, 4.69) is 4.98 Å². The molecule has 0 aromatic carbocycles. The van der Waals surface area contributed by atoms with Crippen LogP contribution in [0.3, 0.4) is 0 Å². The Morgan fingerprint density at radius 2 is 2.19 bits per heavy atom. The van der Waals surface area contributed by atoms with Crippen LogP contribution in [0.5, 0.6) is 0 Å². The van der Waals surface area contributed by atoms with Crippen molar-refractivity contribution in [2.45, 2.75) is 32.0 Å². The molecular weight excluding hydrogens is 287 g/mol. The van der Waals surface area contributed by atoms with Crippen molar-refractivity contribution >= 4 is 17.5 Å². The number of anilines is 2. The predicted molar refractivity (Wildman–Crippen MR) is 71.0 cm³/mol. The van der Waals surface area contributed by atoms with Gasteiger partial charge in [-0.25, -0.2) is 9.78 Å². The van der Waals surface area contributed by atoms with Crippen molar-refractivity contribution in [3.05, 3.63) is 17.8 Å². The summed E-state index contributed by atoms with van der Waals surface area (Å²) in [6.45, 7) is 0.692. The summed E-state index contributed by atoms with van der Waals surface area (Å²) in [7, 11) is 0. The highest BCUT2D eigenvalue weighted by Gasteiger charge is 2.39. The first-order chi connectivity index (χ1) is 9.81. The summed E-state index contributed by atoms with van der Waals surface area (Å²) in [6.07, 6.45) is -1.79. The molecule has 1 aliphatic carbocycles. The van der Waals surface area contributed by atoms with Gasteiger partial charge in [-0.1, -0.05) is 0 Å². The lowest BCUT2D eigenvalue weighted by atomic mass is 10.2. The summed E-state index contributed by atoms with van der Waals surface area (Å²) in [5, 5.41) is 0. The number of ether oxygens (including phenoxy) is 1. The van der Waals surface area contributed by atoms with Gasteiger partial charge in [0.1, 0.15) is 12.4 Å². The van der Waals surface area contributed by atoms with E-state index in [0.717, 1.165) is 4.90 Å². The van der Waals surface area contributed by atoms with Crippen LogP contribution in [0.1, 0.15) is 30.1 Å². The second-order valence-corrected chi connectivity index (χ2v) is 4.82. The summed E-state index contributed by atoms with van der Waals surface area (Å²) in [5.74, 6) is -0.575. The third-order valence-corrected chi connectivity index (χ3v) is 3.05. The highest BCUT2D eigenvalue weighted by molar-refractivity contribution is 5.95. The van der Waals surface area contributed by atoms with Crippen LogP contribution in [0.2, 0.25) is 0 Å². The minimum atomic E-state index is -4.34. The van der Waals surface area contributed by atoms with Gasteiger partial charge < -0.3 is 15.4 Å². The Hall–Kier alpha value is -1.99. The van der Waals surface area contributed by atoms with Crippen LogP contribution in [0.15, 0.2) is 12.3 Å². The molecule has 1 fully saturated rings. The van der Waals surface area contributed by atoms with E-state index in [1.807, 2.05) is 0 Å². The molecule has 0 bridgehead atoms. The molecule has 1 saturated carbocycles. The second-order valence-electron chi connectivity index (χ2n) is 4.82. The molecule has 8 heteroatoms. The lowest BCUT2D eigenvalue weighted by Gasteiger charge is -2.25. The first-order valence-electron chi connectivity index (χ1n) is 6.58. The minimum Gasteiger partial charge on any atom is -0.462 e. The van der Waals surface area contributed by atoms with Gasteiger partial charge in [-0.05, 0) is 25.8 Å². The van der Waals surface area contributed by atoms with Crippen molar-refractivity contribution in [3.8, 4) is 0 Å². The number of rotatable bonds is 5. The third kappa shape index (κ3) is 3.99. The highest BCUT2D eigenvalue weighted by atomic mass is 19.4. The quantitative estimate of drug-likeness (QED) is 0.846. The van der Waals surface area contributed by atoms with Crippen LogP contribution >= 0.6 is 0 Å². The number of carbonyl (C=O) groups excluding carboxylic acids is 1. The van der Waals surface area contributed by atoms with Crippen molar-refractivity contribution in [1.29, 1.82) is 0 Å². The largest absolute Gasteiger partial charge is 0.462 e. The first-order valence-corrected chi connectivity index (χ1v) is 6.58. The molecule has 1 heterocycles. The molecule has 116 valence electrons. The van der Waals surface area contributed by atoms with E-state index in [0.29, 0.717) is 12.8 Å². The molecule has 2 N–H and O–H groups in total. The average Bonchev–Trinajstić information content (AvgIpc) is 3.20. The summed E-state index contributed by atoms with van der Waals surface area (Å²) < 4.78 is 42.8. The average molecular weight is 303 g/mol. The smallest absolute Gasteiger partial charge is 0.405 e. The van der Waals surface area contributed by atoms with Gasteiger partial charge in [0, 0.05) is 6.04 Å². The normalized spacial score (nSPS) is 14.9. The fourth-order valence-electron chi connectivity index (χ4n) is 1.97. The van der Waals surface area contributed by atoms with E-state index in [1.165, 1.54) is 12.3 Å². The molecule has 5 nitrogen and oxygen atoms in total. The third-order valence-electron chi connectivity index (χ3n) is 3.05. The Kier molecular flexibility index (Phi) is 4.24. The second kappa shape index (κ2) is 5.79. The van der Waals surface area contributed by atoms with E-state index in [4.69, 9.17) is 10.5 Å². The van der Waals surface area contributed by atoms with Crippen molar-refractivity contribution in [2.75, 3.05) is 23.8 Å². The summed E-state index contributed by atoms with van der Waals surface area (Å²) in [6, 6.07) is 1.06. The van der Waals surface area contributed by atoms with Crippen LogP contribution in [0.25, 0.3) is 0 Å². The van der Waals surface area contributed by atoms with Gasteiger partial charge in [0.25, 0.3) is 0 Å². The number of hydrogen-bond acceptors (Lipinski definition) is 5. The van der Waals surface area contributed by atoms with Crippen LogP contribution in [-0.4, -0.2) is 36.3 Å². The molecule has 0 atom stereocenters. The van der Waals surface area contributed by atoms with Crippen molar-refractivity contribution in [1.82, 2.24) is 4.98 Å². The van der Waals surface area contributed by atoms with Gasteiger partial charge in [-0.3, -0.25) is 0 Å². The van der Waals surface area contributed by atoms with Crippen LogP contribution in [0.4, 0.5) is 24.7 Å². The maximum atomic E-state index is 12.7. The van der Waals surface area contributed by atoms with Crippen LogP contribution in [-0.2, 0) is 4.74 Å². The molecule has 2 rings (SSSR count). The zero-order chi connectivity index (χ0) is 15.6. The number of esters is 1. The zero-order valence-corrected chi connectivity index (χ0v) is 11.5. The Morgan fingerprint density at radius 3 is 2.71 bits per heavy atom. The van der Waals surface area contributed by atoms with E-state index >= 15 is 0 Å². The van der Waals surface area contributed by atoms with Gasteiger partial charge in [0.15, 0.2) is 0 Å². The topological polar surface area (TPSA) is 68.5 Å². The molecule has 1 aliphatic rings. The van der Waals surface area contributed by atoms with E-state index in [-0.39, 0.29) is 29.7 Å². The Bertz CT molecular complexity index is 530.